The van der Waals surface area contributed by atoms with Crippen molar-refractivity contribution >= 4 is 11.0 Å². The fourth-order valence-electron chi connectivity index (χ4n) is 2.31. The molecule has 2 aromatic rings. The van der Waals surface area contributed by atoms with Crippen LogP contribution in [0.25, 0.3) is 11.0 Å². The molecule has 22 heavy (non-hydrogen) atoms. The zero-order chi connectivity index (χ0) is 15.9. The van der Waals surface area contributed by atoms with Crippen molar-refractivity contribution in [1.82, 2.24) is 19.7 Å². The van der Waals surface area contributed by atoms with Gasteiger partial charge in [-0.3, -0.25) is 4.79 Å². The number of nitrogens with zero attached hydrogens (tertiary/aromatic N) is 3. The Kier molecular flexibility index (Phi) is 3.90. The van der Waals surface area contributed by atoms with Crippen molar-refractivity contribution in [3.05, 3.63) is 22.9 Å². The monoisotopic (exact) mass is 314 g/mol. The van der Waals surface area contributed by atoms with Gasteiger partial charge in [-0.15, -0.1) is 0 Å². The third kappa shape index (κ3) is 2.49. The molecule has 1 aliphatic heterocycles. The molecule has 5 N–H and O–H groups in total. The van der Waals surface area contributed by atoms with E-state index in [0.717, 1.165) is 0 Å². The SMILES string of the molecule is O=c1[nH]cnc2c1cnn2[C@@H]1O[C@H](COC(O)O)[C@@H](O)[C@H]1O. The van der Waals surface area contributed by atoms with Gasteiger partial charge in [0.1, 0.15) is 23.7 Å². The van der Waals surface area contributed by atoms with Crippen LogP contribution in [0.4, 0.5) is 0 Å². The van der Waals surface area contributed by atoms with E-state index in [-0.39, 0.29) is 17.6 Å². The highest BCUT2D eigenvalue weighted by Gasteiger charge is 2.45. The van der Waals surface area contributed by atoms with Crippen molar-refractivity contribution in [3.63, 3.8) is 0 Å². The Labute approximate surface area is 122 Å². The molecule has 1 saturated heterocycles. The second-order valence-electron chi connectivity index (χ2n) is 4.76. The largest absolute Gasteiger partial charge is 0.387 e. The van der Waals surface area contributed by atoms with Gasteiger partial charge < -0.3 is 34.9 Å². The number of aliphatic hydroxyl groups is 4. The van der Waals surface area contributed by atoms with Crippen molar-refractivity contribution in [2.45, 2.75) is 31.0 Å². The summed E-state index contributed by atoms with van der Waals surface area (Å²) in [7, 11) is 0. The summed E-state index contributed by atoms with van der Waals surface area (Å²) < 4.78 is 11.1. The molecule has 0 bridgehead atoms. The number of aromatic amines is 1. The topological polar surface area (TPSA) is 163 Å². The molecular formula is C11H14N4O7. The third-order valence-electron chi connectivity index (χ3n) is 3.38. The van der Waals surface area contributed by atoms with E-state index in [2.05, 4.69) is 19.8 Å². The zero-order valence-corrected chi connectivity index (χ0v) is 11.1. The number of fused-ring (bicyclic) bond motifs is 1. The Morgan fingerprint density at radius 1 is 1.41 bits per heavy atom. The van der Waals surface area contributed by atoms with Crippen LogP contribution in [0.3, 0.4) is 0 Å². The highest BCUT2D eigenvalue weighted by molar-refractivity contribution is 5.72. The normalized spacial score (nSPS) is 28.8. The van der Waals surface area contributed by atoms with Crippen LogP contribution in [-0.4, -0.2) is 71.6 Å². The van der Waals surface area contributed by atoms with Crippen LogP contribution in [0.15, 0.2) is 17.3 Å². The maximum Gasteiger partial charge on any atom is 0.266 e. The van der Waals surface area contributed by atoms with E-state index < -0.39 is 36.6 Å². The first-order valence-electron chi connectivity index (χ1n) is 6.39. The lowest BCUT2D eigenvalue weighted by Gasteiger charge is -2.15. The molecule has 0 saturated carbocycles. The van der Waals surface area contributed by atoms with Gasteiger partial charge in [0.05, 0.1) is 19.1 Å². The first kappa shape index (κ1) is 15.0. The number of aromatic nitrogens is 4. The minimum absolute atomic E-state index is 0.184. The second-order valence-corrected chi connectivity index (χ2v) is 4.76. The molecule has 0 aromatic carbocycles. The lowest BCUT2D eigenvalue weighted by atomic mass is 10.1. The fourth-order valence-corrected chi connectivity index (χ4v) is 2.31. The number of ether oxygens (including phenoxy) is 2. The van der Waals surface area contributed by atoms with Gasteiger partial charge in [-0.05, 0) is 0 Å². The van der Waals surface area contributed by atoms with Crippen LogP contribution < -0.4 is 5.56 Å². The predicted molar refractivity (Wildman–Crippen MR) is 68.2 cm³/mol. The van der Waals surface area contributed by atoms with Crippen molar-refractivity contribution in [2.24, 2.45) is 0 Å². The number of H-pyrrole nitrogens is 1. The van der Waals surface area contributed by atoms with E-state index >= 15 is 0 Å². The maximum absolute atomic E-state index is 11.6. The van der Waals surface area contributed by atoms with Gasteiger partial charge in [0, 0.05) is 0 Å². The molecule has 0 spiro atoms. The van der Waals surface area contributed by atoms with Crippen LogP contribution >= 0.6 is 0 Å². The summed E-state index contributed by atoms with van der Waals surface area (Å²) in [6, 6.07) is 0. The number of nitrogens with one attached hydrogen (secondary N) is 1. The first-order chi connectivity index (χ1) is 10.5. The fraction of sp³-hybridized carbons (Fsp3) is 0.545. The lowest BCUT2D eigenvalue weighted by Crippen LogP contribution is -2.35. The molecule has 11 nitrogen and oxygen atoms in total. The van der Waals surface area contributed by atoms with E-state index in [1.54, 1.807) is 0 Å². The van der Waals surface area contributed by atoms with Crippen LogP contribution in [-0.2, 0) is 9.47 Å². The molecule has 0 radical (unpaired) electrons. The summed E-state index contributed by atoms with van der Waals surface area (Å²) in [6.45, 7) is -2.36. The highest BCUT2D eigenvalue weighted by Crippen LogP contribution is 2.30. The molecule has 2 aromatic heterocycles. The summed E-state index contributed by atoms with van der Waals surface area (Å²) in [5.41, 5.74) is -0.212. The smallest absolute Gasteiger partial charge is 0.266 e. The lowest BCUT2D eigenvalue weighted by molar-refractivity contribution is -0.248. The molecule has 1 fully saturated rings. The van der Waals surface area contributed by atoms with Crippen LogP contribution in [0.1, 0.15) is 6.23 Å². The van der Waals surface area contributed by atoms with Gasteiger partial charge >= 0.3 is 0 Å². The second kappa shape index (κ2) is 5.72. The summed E-state index contributed by atoms with van der Waals surface area (Å²) in [4.78, 5) is 18.0. The van der Waals surface area contributed by atoms with E-state index in [1.165, 1.54) is 17.2 Å². The van der Waals surface area contributed by atoms with Crippen molar-refractivity contribution in [3.8, 4) is 0 Å². The average Bonchev–Trinajstić information content (AvgIpc) is 3.01. The molecule has 4 atom stereocenters. The summed E-state index contributed by atoms with van der Waals surface area (Å²) in [6.07, 6.45) is -2.32. The molecule has 0 aliphatic carbocycles. The van der Waals surface area contributed by atoms with Crippen LogP contribution in [0.2, 0.25) is 0 Å². The van der Waals surface area contributed by atoms with Gasteiger partial charge in [-0.2, -0.15) is 5.10 Å². The summed E-state index contributed by atoms with van der Waals surface area (Å²) >= 11 is 0. The zero-order valence-electron chi connectivity index (χ0n) is 11.1. The van der Waals surface area contributed by atoms with E-state index in [1.807, 2.05) is 0 Å². The van der Waals surface area contributed by atoms with E-state index in [4.69, 9.17) is 14.9 Å². The molecule has 0 unspecified atom stereocenters. The van der Waals surface area contributed by atoms with Gasteiger partial charge in [0.2, 0.25) is 0 Å². The highest BCUT2D eigenvalue weighted by atomic mass is 16.7. The molecule has 0 amide bonds. The minimum atomic E-state index is -2.02. The van der Waals surface area contributed by atoms with Crippen molar-refractivity contribution in [1.29, 1.82) is 0 Å². The maximum atomic E-state index is 11.6. The Morgan fingerprint density at radius 2 is 2.18 bits per heavy atom. The Morgan fingerprint density at radius 3 is 2.91 bits per heavy atom. The van der Waals surface area contributed by atoms with Gasteiger partial charge in [-0.1, -0.05) is 0 Å². The molecule has 120 valence electrons. The summed E-state index contributed by atoms with van der Waals surface area (Å²) in [5, 5.41) is 41.4. The van der Waals surface area contributed by atoms with Crippen molar-refractivity contribution in [2.75, 3.05) is 6.61 Å². The van der Waals surface area contributed by atoms with Gasteiger partial charge in [0.25, 0.3) is 12.0 Å². The van der Waals surface area contributed by atoms with E-state index in [0.29, 0.717) is 0 Å². The third-order valence-corrected chi connectivity index (χ3v) is 3.38. The predicted octanol–water partition coefficient (Wildman–Crippen LogP) is -2.98. The quantitative estimate of drug-likeness (QED) is 0.370. The minimum Gasteiger partial charge on any atom is -0.387 e. The number of aliphatic hydroxyl groups excluding tert-OH is 3. The Bertz CT molecular complexity index is 714. The Balaban J connectivity index is 1.88. The molecule has 3 rings (SSSR count). The number of hydrogen-bond donors (Lipinski definition) is 5. The van der Waals surface area contributed by atoms with Gasteiger partial charge in [-0.25, -0.2) is 9.67 Å². The standard InChI is InChI=1S/C11H14N4O7/c16-6-5(2-21-11(19)20)22-10(7(6)17)15-8-4(1-14-15)9(18)13-3-12-8/h1,3,5-7,10-11,16-17,19-20H,2H2,(H,12,13,18)/t5-,6-,7-,10-/m1/s1. The first-order valence-corrected chi connectivity index (χ1v) is 6.39. The number of hydrogen-bond acceptors (Lipinski definition) is 9. The average molecular weight is 314 g/mol. The molecule has 1 aliphatic rings. The molecular weight excluding hydrogens is 300 g/mol. The Hall–Kier alpha value is -1.89. The molecule has 11 heteroatoms. The molecule has 3 heterocycles. The van der Waals surface area contributed by atoms with Gasteiger partial charge in [0.15, 0.2) is 11.9 Å². The van der Waals surface area contributed by atoms with Crippen LogP contribution in [0, 0.1) is 0 Å². The summed E-state index contributed by atoms with van der Waals surface area (Å²) in [5.74, 6) is 0. The van der Waals surface area contributed by atoms with Crippen molar-refractivity contribution < 1.29 is 29.9 Å². The van der Waals surface area contributed by atoms with E-state index in [9.17, 15) is 15.0 Å². The van der Waals surface area contributed by atoms with Crippen LogP contribution in [0.5, 0.6) is 0 Å². The number of rotatable bonds is 4.